The van der Waals surface area contributed by atoms with Crippen molar-refractivity contribution in [2.75, 3.05) is 0 Å². The number of hydrogen-bond donors (Lipinski definition) is 0. The van der Waals surface area contributed by atoms with Gasteiger partial charge in [-0.3, -0.25) is 0 Å². The molecule has 0 aliphatic rings. The van der Waals surface area contributed by atoms with Crippen molar-refractivity contribution < 1.29 is 4.42 Å². The van der Waals surface area contributed by atoms with Gasteiger partial charge in [-0.05, 0) is 23.6 Å². The summed E-state index contributed by atoms with van der Waals surface area (Å²) in [4.78, 5) is 9.39. The van der Waals surface area contributed by atoms with Crippen LogP contribution >= 0.6 is 11.3 Å². The van der Waals surface area contributed by atoms with Gasteiger partial charge in [0, 0.05) is 5.39 Å². The van der Waals surface area contributed by atoms with Crippen LogP contribution in [0.25, 0.3) is 21.7 Å². The number of aromatic nitrogens is 2. The predicted molar refractivity (Wildman–Crippen MR) is 55.1 cm³/mol. The van der Waals surface area contributed by atoms with Gasteiger partial charge >= 0.3 is 0 Å². The lowest BCUT2D eigenvalue weighted by Gasteiger charge is -1.96. The van der Waals surface area contributed by atoms with Crippen LogP contribution in [0.15, 0.2) is 40.6 Å². The van der Waals surface area contributed by atoms with E-state index in [4.69, 9.17) is 4.42 Å². The van der Waals surface area contributed by atoms with Gasteiger partial charge in [0.1, 0.15) is 16.9 Å². The van der Waals surface area contributed by atoms with Gasteiger partial charge in [-0.25, -0.2) is 9.97 Å². The Morgan fingerprint density at radius 2 is 2.21 bits per heavy atom. The fourth-order valence-electron chi connectivity index (χ4n) is 1.40. The lowest BCUT2D eigenvalue weighted by atomic mass is 10.2. The van der Waals surface area contributed by atoms with Gasteiger partial charge in [-0.2, -0.15) is 0 Å². The molecular formula is C10H6N2OS. The lowest BCUT2D eigenvalue weighted by molar-refractivity contribution is 0.580. The average Bonchev–Trinajstić information content (AvgIpc) is 2.88. The molecule has 0 atom stereocenters. The number of furan rings is 1. The van der Waals surface area contributed by atoms with Crippen LogP contribution in [0.3, 0.4) is 0 Å². The molecule has 3 aromatic heterocycles. The predicted octanol–water partition coefficient (Wildman–Crippen LogP) is 2.95. The molecular weight excluding hydrogens is 196 g/mol. The number of fused-ring (bicyclic) bond motifs is 1. The first kappa shape index (κ1) is 7.70. The molecule has 0 unspecified atom stereocenters. The summed E-state index contributed by atoms with van der Waals surface area (Å²) < 4.78 is 5.31. The SMILES string of the molecule is c1coc(-c2ncnc3sccc23)c1. The minimum Gasteiger partial charge on any atom is -0.463 e. The second kappa shape index (κ2) is 2.92. The molecule has 3 rings (SSSR count). The summed E-state index contributed by atoms with van der Waals surface area (Å²) in [5.74, 6) is 0.788. The van der Waals surface area contributed by atoms with Crippen molar-refractivity contribution in [1.29, 1.82) is 0 Å². The Morgan fingerprint density at radius 3 is 3.07 bits per heavy atom. The maximum Gasteiger partial charge on any atom is 0.153 e. The summed E-state index contributed by atoms with van der Waals surface area (Å²) in [6.45, 7) is 0. The highest BCUT2D eigenvalue weighted by Crippen LogP contribution is 2.28. The van der Waals surface area contributed by atoms with Crippen molar-refractivity contribution in [3.63, 3.8) is 0 Å². The zero-order valence-electron chi connectivity index (χ0n) is 7.18. The van der Waals surface area contributed by atoms with Crippen LogP contribution < -0.4 is 0 Å². The fraction of sp³-hybridized carbons (Fsp3) is 0. The number of nitrogens with zero attached hydrogens (tertiary/aromatic N) is 2. The van der Waals surface area contributed by atoms with E-state index >= 15 is 0 Å². The first-order valence-electron chi connectivity index (χ1n) is 4.17. The topological polar surface area (TPSA) is 38.9 Å². The van der Waals surface area contributed by atoms with Gasteiger partial charge in [-0.15, -0.1) is 11.3 Å². The minimum atomic E-state index is 0.788. The molecule has 68 valence electrons. The van der Waals surface area contributed by atoms with Crippen molar-refractivity contribution in [3.8, 4) is 11.5 Å². The third-order valence-corrected chi connectivity index (χ3v) is 2.84. The Hall–Kier alpha value is -1.68. The molecule has 0 spiro atoms. The molecule has 3 nitrogen and oxygen atoms in total. The minimum absolute atomic E-state index is 0.788. The third-order valence-electron chi connectivity index (χ3n) is 2.02. The Bertz CT molecular complexity index is 556. The highest BCUT2D eigenvalue weighted by Gasteiger charge is 2.08. The second-order valence-corrected chi connectivity index (χ2v) is 3.73. The molecule has 0 aliphatic heterocycles. The monoisotopic (exact) mass is 202 g/mol. The standard InChI is InChI=1S/C10H6N2OS/c1-2-8(13-4-1)9-7-3-5-14-10(7)12-6-11-9/h1-6H. The highest BCUT2D eigenvalue weighted by molar-refractivity contribution is 7.16. The van der Waals surface area contributed by atoms with Gasteiger partial charge in [0.15, 0.2) is 5.76 Å². The molecule has 3 heterocycles. The van der Waals surface area contributed by atoms with Crippen LogP contribution in [0.5, 0.6) is 0 Å². The van der Waals surface area contributed by atoms with Gasteiger partial charge < -0.3 is 4.42 Å². The van der Waals surface area contributed by atoms with Crippen LogP contribution in [-0.2, 0) is 0 Å². The van der Waals surface area contributed by atoms with Crippen LogP contribution in [0.4, 0.5) is 0 Å². The van der Waals surface area contributed by atoms with Gasteiger partial charge in [-0.1, -0.05) is 0 Å². The quantitative estimate of drug-likeness (QED) is 0.609. The molecule has 0 bridgehead atoms. The largest absolute Gasteiger partial charge is 0.463 e. The van der Waals surface area contributed by atoms with E-state index in [9.17, 15) is 0 Å². The van der Waals surface area contributed by atoms with E-state index in [1.54, 1.807) is 23.9 Å². The van der Waals surface area contributed by atoms with E-state index < -0.39 is 0 Å². The summed E-state index contributed by atoms with van der Waals surface area (Å²) in [7, 11) is 0. The van der Waals surface area contributed by atoms with Crippen LogP contribution in [-0.4, -0.2) is 9.97 Å². The van der Waals surface area contributed by atoms with E-state index in [1.165, 1.54) is 0 Å². The van der Waals surface area contributed by atoms with E-state index in [0.29, 0.717) is 0 Å². The maximum absolute atomic E-state index is 5.31. The molecule has 3 aromatic rings. The van der Waals surface area contributed by atoms with Crippen molar-refractivity contribution in [2.45, 2.75) is 0 Å². The molecule has 0 saturated carbocycles. The van der Waals surface area contributed by atoms with Crippen molar-refractivity contribution in [1.82, 2.24) is 9.97 Å². The zero-order chi connectivity index (χ0) is 9.38. The van der Waals surface area contributed by atoms with Crippen molar-refractivity contribution in [3.05, 3.63) is 36.2 Å². The first-order valence-corrected chi connectivity index (χ1v) is 5.05. The van der Waals surface area contributed by atoms with E-state index in [2.05, 4.69) is 9.97 Å². The molecule has 0 amide bonds. The Balaban J connectivity index is 2.36. The summed E-state index contributed by atoms with van der Waals surface area (Å²) in [5, 5.41) is 3.05. The summed E-state index contributed by atoms with van der Waals surface area (Å²) in [5.41, 5.74) is 0.862. The van der Waals surface area contributed by atoms with Crippen molar-refractivity contribution in [2.24, 2.45) is 0 Å². The molecule has 0 aliphatic carbocycles. The fourth-order valence-corrected chi connectivity index (χ4v) is 2.13. The highest BCUT2D eigenvalue weighted by atomic mass is 32.1. The summed E-state index contributed by atoms with van der Waals surface area (Å²) in [6, 6.07) is 5.77. The zero-order valence-corrected chi connectivity index (χ0v) is 7.99. The van der Waals surface area contributed by atoms with Gasteiger partial charge in [0.25, 0.3) is 0 Å². The Kier molecular flexibility index (Phi) is 1.61. The lowest BCUT2D eigenvalue weighted by Crippen LogP contribution is -1.83. The van der Waals surface area contributed by atoms with E-state index in [0.717, 1.165) is 21.7 Å². The molecule has 0 radical (unpaired) electrons. The normalized spacial score (nSPS) is 10.9. The van der Waals surface area contributed by atoms with Gasteiger partial charge in [0.2, 0.25) is 0 Å². The third kappa shape index (κ3) is 1.04. The van der Waals surface area contributed by atoms with Crippen LogP contribution in [0, 0.1) is 0 Å². The van der Waals surface area contributed by atoms with Crippen LogP contribution in [0.2, 0.25) is 0 Å². The molecule has 0 aromatic carbocycles. The van der Waals surface area contributed by atoms with Crippen molar-refractivity contribution >= 4 is 21.6 Å². The number of rotatable bonds is 1. The second-order valence-electron chi connectivity index (χ2n) is 2.84. The molecule has 0 saturated heterocycles. The maximum atomic E-state index is 5.31. The first-order chi connectivity index (χ1) is 6.95. The average molecular weight is 202 g/mol. The van der Waals surface area contributed by atoms with E-state index in [-0.39, 0.29) is 0 Å². The molecule has 14 heavy (non-hydrogen) atoms. The van der Waals surface area contributed by atoms with Crippen LogP contribution in [0.1, 0.15) is 0 Å². The Morgan fingerprint density at radius 1 is 1.21 bits per heavy atom. The molecule has 0 N–H and O–H groups in total. The smallest absolute Gasteiger partial charge is 0.153 e. The number of hydrogen-bond acceptors (Lipinski definition) is 4. The summed E-state index contributed by atoms with van der Waals surface area (Å²) >= 11 is 1.61. The molecule has 4 heteroatoms. The number of thiophene rings is 1. The molecule has 0 fully saturated rings. The van der Waals surface area contributed by atoms with E-state index in [1.807, 2.05) is 23.6 Å². The Labute approximate surface area is 84.0 Å². The summed E-state index contributed by atoms with van der Waals surface area (Å²) in [6.07, 6.45) is 3.21. The van der Waals surface area contributed by atoms with Gasteiger partial charge in [0.05, 0.1) is 6.26 Å².